The Hall–Kier alpha value is -1.04. The molecule has 0 aliphatic carbocycles. The van der Waals surface area contributed by atoms with E-state index in [4.69, 9.17) is 17.3 Å². The molecule has 0 saturated carbocycles. The first-order valence-corrected chi connectivity index (χ1v) is 5.38. The van der Waals surface area contributed by atoms with Crippen LogP contribution < -0.4 is 5.73 Å². The molecule has 3 nitrogen and oxygen atoms in total. The minimum absolute atomic E-state index is 0.0669. The van der Waals surface area contributed by atoms with Crippen LogP contribution in [-0.2, 0) is 6.54 Å². The fraction of sp³-hybridized carbons (Fsp3) is 0.111. The molecule has 0 radical (unpaired) electrons. The highest BCUT2D eigenvalue weighted by molar-refractivity contribution is 7.14. The summed E-state index contributed by atoms with van der Waals surface area (Å²) >= 11 is 7.12. The van der Waals surface area contributed by atoms with Gasteiger partial charge in [0.05, 0.1) is 5.02 Å². The highest BCUT2D eigenvalue weighted by atomic mass is 35.5. The molecule has 0 spiro atoms. The fourth-order valence-corrected chi connectivity index (χ4v) is 2.14. The smallest absolute Gasteiger partial charge is 0.149 e. The minimum atomic E-state index is -0.460. The van der Waals surface area contributed by atoms with E-state index in [1.165, 1.54) is 17.4 Å². The summed E-state index contributed by atoms with van der Waals surface area (Å²) in [6.07, 6.45) is 0. The summed E-state index contributed by atoms with van der Waals surface area (Å²) in [5.41, 5.74) is 5.96. The molecule has 2 rings (SSSR count). The lowest BCUT2D eigenvalue weighted by molar-refractivity contribution is 0.628. The molecule has 0 fully saturated rings. The van der Waals surface area contributed by atoms with Gasteiger partial charge in [0.25, 0.3) is 0 Å². The zero-order valence-corrected chi connectivity index (χ0v) is 9.15. The number of nitrogens with two attached hydrogens (primary N) is 1. The molecule has 6 heteroatoms. The standard InChI is InChI=1S/C9H7ClFN3S/c10-8-5(2-1-3-6(8)11)9-14-13-7(4-12)15-9/h1-3H,4,12H2. The van der Waals surface area contributed by atoms with Crippen LogP contribution in [0.4, 0.5) is 4.39 Å². The van der Waals surface area contributed by atoms with Crippen molar-refractivity contribution >= 4 is 22.9 Å². The van der Waals surface area contributed by atoms with Crippen LogP contribution in [0.5, 0.6) is 0 Å². The molecule has 0 aliphatic heterocycles. The highest BCUT2D eigenvalue weighted by Gasteiger charge is 2.11. The summed E-state index contributed by atoms with van der Waals surface area (Å²) < 4.78 is 13.2. The van der Waals surface area contributed by atoms with Gasteiger partial charge in [0.1, 0.15) is 15.8 Å². The summed E-state index contributed by atoms with van der Waals surface area (Å²) in [6, 6.07) is 4.59. The van der Waals surface area contributed by atoms with E-state index in [0.717, 1.165) is 0 Å². The first kappa shape index (κ1) is 10.5. The highest BCUT2D eigenvalue weighted by Crippen LogP contribution is 2.31. The predicted molar refractivity (Wildman–Crippen MR) is 58.2 cm³/mol. The van der Waals surface area contributed by atoms with Crippen molar-refractivity contribution in [3.8, 4) is 10.6 Å². The van der Waals surface area contributed by atoms with E-state index in [0.29, 0.717) is 22.1 Å². The number of halogens is 2. The van der Waals surface area contributed by atoms with Crippen LogP contribution in [0.3, 0.4) is 0 Å². The van der Waals surface area contributed by atoms with E-state index in [1.807, 2.05) is 0 Å². The maximum Gasteiger partial charge on any atom is 0.149 e. The average molecular weight is 244 g/mol. The van der Waals surface area contributed by atoms with Crippen LogP contribution >= 0.6 is 22.9 Å². The lowest BCUT2D eigenvalue weighted by Crippen LogP contribution is -1.94. The number of hydrogen-bond donors (Lipinski definition) is 1. The van der Waals surface area contributed by atoms with E-state index in [9.17, 15) is 4.39 Å². The Morgan fingerprint density at radius 1 is 1.40 bits per heavy atom. The van der Waals surface area contributed by atoms with E-state index in [-0.39, 0.29) is 5.02 Å². The largest absolute Gasteiger partial charge is 0.324 e. The second-order valence-corrected chi connectivity index (χ2v) is 4.25. The average Bonchev–Trinajstić information content (AvgIpc) is 2.70. The third kappa shape index (κ3) is 1.99. The first-order valence-electron chi connectivity index (χ1n) is 4.19. The summed E-state index contributed by atoms with van der Waals surface area (Å²) in [5, 5.41) is 9.09. The molecular formula is C9H7ClFN3S. The van der Waals surface area contributed by atoms with Gasteiger partial charge in [0.15, 0.2) is 0 Å². The van der Waals surface area contributed by atoms with Gasteiger partial charge in [-0.25, -0.2) is 4.39 Å². The van der Waals surface area contributed by atoms with E-state index >= 15 is 0 Å². The number of aromatic nitrogens is 2. The fourth-order valence-electron chi connectivity index (χ4n) is 1.11. The first-order chi connectivity index (χ1) is 7.22. The van der Waals surface area contributed by atoms with Crippen LogP contribution in [0.25, 0.3) is 10.6 Å². The Morgan fingerprint density at radius 2 is 2.20 bits per heavy atom. The lowest BCUT2D eigenvalue weighted by atomic mass is 10.2. The Bertz CT molecular complexity index is 486. The molecule has 2 aromatic rings. The van der Waals surface area contributed by atoms with Gasteiger partial charge in [0, 0.05) is 12.1 Å². The van der Waals surface area contributed by atoms with Crippen molar-refractivity contribution < 1.29 is 4.39 Å². The van der Waals surface area contributed by atoms with Gasteiger partial charge < -0.3 is 5.73 Å². The Kier molecular flexibility index (Phi) is 2.95. The third-order valence-electron chi connectivity index (χ3n) is 1.82. The SMILES string of the molecule is NCc1nnc(-c2cccc(F)c2Cl)s1. The van der Waals surface area contributed by atoms with Crippen LogP contribution in [0.1, 0.15) is 5.01 Å². The minimum Gasteiger partial charge on any atom is -0.324 e. The second kappa shape index (κ2) is 4.22. The molecule has 78 valence electrons. The van der Waals surface area contributed by atoms with Crippen molar-refractivity contribution in [2.45, 2.75) is 6.54 Å². The van der Waals surface area contributed by atoms with Crippen molar-refractivity contribution in [3.05, 3.63) is 34.0 Å². The van der Waals surface area contributed by atoms with Gasteiger partial charge in [-0.05, 0) is 6.07 Å². The van der Waals surface area contributed by atoms with Crippen molar-refractivity contribution in [2.75, 3.05) is 0 Å². The van der Waals surface area contributed by atoms with Crippen molar-refractivity contribution in [1.82, 2.24) is 10.2 Å². The van der Waals surface area contributed by atoms with Gasteiger partial charge in [-0.15, -0.1) is 10.2 Å². The van der Waals surface area contributed by atoms with Crippen molar-refractivity contribution in [1.29, 1.82) is 0 Å². The summed E-state index contributed by atoms with van der Waals surface area (Å²) in [7, 11) is 0. The third-order valence-corrected chi connectivity index (χ3v) is 3.19. The molecule has 0 saturated heterocycles. The Balaban J connectivity index is 2.49. The molecule has 1 aromatic carbocycles. The van der Waals surface area contributed by atoms with E-state index < -0.39 is 5.82 Å². The molecule has 15 heavy (non-hydrogen) atoms. The Labute approximate surface area is 94.7 Å². The molecule has 0 atom stereocenters. The molecule has 1 aromatic heterocycles. The van der Waals surface area contributed by atoms with E-state index in [1.54, 1.807) is 12.1 Å². The lowest BCUT2D eigenvalue weighted by Gasteiger charge is -1.99. The van der Waals surface area contributed by atoms with Crippen LogP contribution in [-0.4, -0.2) is 10.2 Å². The van der Waals surface area contributed by atoms with Crippen molar-refractivity contribution in [3.63, 3.8) is 0 Å². The van der Waals surface area contributed by atoms with Crippen LogP contribution in [0.15, 0.2) is 18.2 Å². The van der Waals surface area contributed by atoms with Crippen LogP contribution in [0.2, 0.25) is 5.02 Å². The van der Waals surface area contributed by atoms with Crippen molar-refractivity contribution in [2.24, 2.45) is 5.73 Å². The molecule has 1 heterocycles. The topological polar surface area (TPSA) is 51.8 Å². The van der Waals surface area contributed by atoms with Crippen LogP contribution in [0, 0.1) is 5.82 Å². The monoisotopic (exact) mass is 243 g/mol. The van der Waals surface area contributed by atoms with Gasteiger partial charge in [-0.2, -0.15) is 0 Å². The second-order valence-electron chi connectivity index (χ2n) is 2.81. The van der Waals surface area contributed by atoms with Gasteiger partial charge in [0.2, 0.25) is 0 Å². The number of rotatable bonds is 2. The van der Waals surface area contributed by atoms with E-state index in [2.05, 4.69) is 10.2 Å². The molecule has 2 N–H and O–H groups in total. The number of hydrogen-bond acceptors (Lipinski definition) is 4. The normalized spacial score (nSPS) is 10.6. The molecular weight excluding hydrogens is 237 g/mol. The number of nitrogens with zero attached hydrogens (tertiary/aromatic N) is 2. The predicted octanol–water partition coefficient (Wildman–Crippen LogP) is 2.46. The maximum atomic E-state index is 13.2. The Morgan fingerprint density at radius 3 is 2.87 bits per heavy atom. The summed E-state index contributed by atoms with van der Waals surface area (Å²) in [4.78, 5) is 0. The maximum absolute atomic E-state index is 13.2. The zero-order valence-electron chi connectivity index (χ0n) is 7.58. The molecule has 0 unspecified atom stereocenters. The zero-order chi connectivity index (χ0) is 10.8. The van der Waals surface area contributed by atoms with Gasteiger partial charge in [-0.1, -0.05) is 35.1 Å². The molecule has 0 aliphatic rings. The molecule has 0 bridgehead atoms. The number of benzene rings is 1. The van der Waals surface area contributed by atoms with Gasteiger partial charge in [-0.3, -0.25) is 0 Å². The quantitative estimate of drug-likeness (QED) is 0.882. The summed E-state index contributed by atoms with van der Waals surface area (Å²) in [6.45, 7) is 0.324. The van der Waals surface area contributed by atoms with Gasteiger partial charge >= 0.3 is 0 Å². The molecule has 0 amide bonds. The summed E-state index contributed by atoms with van der Waals surface area (Å²) in [5.74, 6) is -0.460.